The Balaban J connectivity index is 1.67. The first-order chi connectivity index (χ1) is 13.8. The zero-order valence-corrected chi connectivity index (χ0v) is 16.3. The largest absolute Gasteiger partial charge is 0.493 e. The molecule has 1 aliphatic carbocycles. The number of rotatable bonds is 7. The van der Waals surface area contributed by atoms with Gasteiger partial charge in [0.15, 0.2) is 17.3 Å². The number of nitrogens with zero attached hydrogens (tertiary/aromatic N) is 4. The summed E-state index contributed by atoms with van der Waals surface area (Å²) in [4.78, 5) is 0. The third kappa shape index (κ3) is 3.45. The lowest BCUT2D eigenvalue weighted by atomic mass is 9.95. The maximum absolute atomic E-state index is 5.45. The highest BCUT2D eigenvalue weighted by atomic mass is 16.5. The topological polar surface area (TPSA) is 74.1 Å². The minimum Gasteiger partial charge on any atom is -0.493 e. The van der Waals surface area contributed by atoms with Gasteiger partial charge in [-0.25, -0.2) is 0 Å². The molecule has 28 heavy (non-hydrogen) atoms. The summed E-state index contributed by atoms with van der Waals surface area (Å²) in [6.07, 6.45) is 4.32. The molecule has 0 atom stereocenters. The number of hydrogen-bond acceptors (Lipinski definition) is 6. The van der Waals surface area contributed by atoms with E-state index in [2.05, 4.69) is 45.1 Å². The van der Waals surface area contributed by atoms with Crippen molar-refractivity contribution in [1.82, 2.24) is 25.5 Å². The van der Waals surface area contributed by atoms with Crippen molar-refractivity contribution in [2.45, 2.75) is 37.8 Å². The lowest BCUT2D eigenvalue weighted by molar-refractivity contribution is 0.312. The van der Waals surface area contributed by atoms with E-state index < -0.39 is 0 Å². The molecule has 0 radical (unpaired) electrons. The van der Waals surface area contributed by atoms with Gasteiger partial charge in [0.25, 0.3) is 0 Å². The van der Waals surface area contributed by atoms with Gasteiger partial charge in [0.05, 0.1) is 25.4 Å². The minimum atomic E-state index is -0.244. The molecule has 0 bridgehead atoms. The highest BCUT2D eigenvalue weighted by molar-refractivity contribution is 5.49. The van der Waals surface area contributed by atoms with Crippen LogP contribution in [0.5, 0.6) is 11.5 Å². The van der Waals surface area contributed by atoms with Crippen molar-refractivity contribution in [1.29, 1.82) is 0 Å². The average Bonchev–Trinajstić information content (AvgIpc) is 3.43. The molecule has 1 N–H and O–H groups in total. The summed E-state index contributed by atoms with van der Waals surface area (Å²) in [5, 5.41) is 16.5. The van der Waals surface area contributed by atoms with Gasteiger partial charge in [0.1, 0.15) is 0 Å². The summed E-state index contributed by atoms with van der Waals surface area (Å²) in [5.74, 6) is 2.17. The lowest BCUT2D eigenvalue weighted by Crippen LogP contribution is -2.41. The summed E-state index contributed by atoms with van der Waals surface area (Å²) >= 11 is 0. The second kappa shape index (κ2) is 7.98. The average molecular weight is 379 g/mol. The first-order valence-corrected chi connectivity index (χ1v) is 9.56. The highest BCUT2D eigenvalue weighted by Crippen LogP contribution is 2.39. The molecule has 0 saturated heterocycles. The van der Waals surface area contributed by atoms with Gasteiger partial charge < -0.3 is 14.8 Å². The fraction of sp³-hybridized carbons (Fsp3) is 0.381. The number of hydrogen-bond donors (Lipinski definition) is 1. The number of ether oxygens (including phenoxy) is 2. The molecule has 1 aliphatic rings. The van der Waals surface area contributed by atoms with Crippen LogP contribution in [0.15, 0.2) is 48.5 Å². The van der Waals surface area contributed by atoms with Crippen molar-refractivity contribution in [2.75, 3.05) is 14.2 Å². The first-order valence-electron chi connectivity index (χ1n) is 9.56. The summed E-state index contributed by atoms with van der Waals surface area (Å²) in [6, 6.07) is 16.1. The van der Waals surface area contributed by atoms with Crippen LogP contribution >= 0.6 is 0 Å². The molecule has 146 valence electrons. The molecule has 1 fully saturated rings. The van der Waals surface area contributed by atoms with Crippen LogP contribution in [0.2, 0.25) is 0 Å². The van der Waals surface area contributed by atoms with Crippen molar-refractivity contribution < 1.29 is 9.47 Å². The molecule has 1 saturated carbocycles. The highest BCUT2D eigenvalue weighted by Gasteiger charge is 2.40. The summed E-state index contributed by atoms with van der Waals surface area (Å²) < 4.78 is 12.6. The van der Waals surface area contributed by atoms with Crippen LogP contribution in [-0.2, 0) is 12.1 Å². The van der Waals surface area contributed by atoms with Gasteiger partial charge in [-0.15, -0.1) is 5.10 Å². The maximum Gasteiger partial charge on any atom is 0.176 e. The Morgan fingerprint density at radius 3 is 2.46 bits per heavy atom. The van der Waals surface area contributed by atoms with Crippen molar-refractivity contribution in [2.24, 2.45) is 0 Å². The Hall–Kier alpha value is -2.93. The molecule has 7 heteroatoms. The molecule has 7 nitrogen and oxygen atoms in total. The SMILES string of the molecule is COc1ccc(-n2nnnc2C2(NCc3ccccc3)CCCC2)cc1OC. The molecule has 0 spiro atoms. The summed E-state index contributed by atoms with van der Waals surface area (Å²) in [5.41, 5.74) is 1.86. The Morgan fingerprint density at radius 2 is 1.75 bits per heavy atom. The van der Waals surface area contributed by atoms with Crippen molar-refractivity contribution >= 4 is 0 Å². The second-order valence-electron chi connectivity index (χ2n) is 7.08. The van der Waals surface area contributed by atoms with E-state index in [0.29, 0.717) is 11.5 Å². The predicted molar refractivity (Wildman–Crippen MR) is 106 cm³/mol. The van der Waals surface area contributed by atoms with Gasteiger partial charge in [0, 0.05) is 12.6 Å². The third-order valence-corrected chi connectivity index (χ3v) is 5.44. The van der Waals surface area contributed by atoms with E-state index >= 15 is 0 Å². The molecule has 4 rings (SSSR count). The monoisotopic (exact) mass is 379 g/mol. The smallest absolute Gasteiger partial charge is 0.176 e. The first kappa shape index (κ1) is 18.4. The van der Waals surface area contributed by atoms with Crippen LogP contribution in [0.3, 0.4) is 0 Å². The van der Waals surface area contributed by atoms with Gasteiger partial charge in [-0.2, -0.15) is 4.68 Å². The van der Waals surface area contributed by atoms with E-state index in [1.807, 2.05) is 28.9 Å². The molecule has 3 aromatic rings. The predicted octanol–water partition coefficient (Wildman–Crippen LogP) is 3.24. The molecule has 0 unspecified atom stereocenters. The van der Waals surface area contributed by atoms with Crippen molar-refractivity contribution in [3.05, 3.63) is 59.9 Å². The van der Waals surface area contributed by atoms with Gasteiger partial charge in [-0.3, -0.25) is 0 Å². The lowest BCUT2D eigenvalue weighted by Gasteiger charge is -2.29. The Labute approximate surface area is 164 Å². The Kier molecular flexibility index (Phi) is 5.25. The van der Waals surface area contributed by atoms with Crippen LogP contribution < -0.4 is 14.8 Å². The molecule has 0 aliphatic heterocycles. The fourth-order valence-electron chi connectivity index (χ4n) is 3.94. The van der Waals surface area contributed by atoms with E-state index in [1.54, 1.807) is 14.2 Å². The molecule has 1 aromatic heterocycles. The van der Waals surface area contributed by atoms with Crippen LogP contribution in [0, 0.1) is 0 Å². The Morgan fingerprint density at radius 1 is 1.00 bits per heavy atom. The molecule has 1 heterocycles. The second-order valence-corrected chi connectivity index (χ2v) is 7.08. The van der Waals surface area contributed by atoms with Gasteiger partial charge in [-0.05, 0) is 41.0 Å². The molecular weight excluding hydrogens is 354 g/mol. The van der Waals surface area contributed by atoms with Gasteiger partial charge in [-0.1, -0.05) is 43.2 Å². The fourth-order valence-corrected chi connectivity index (χ4v) is 3.94. The number of tetrazole rings is 1. The van der Waals surface area contributed by atoms with Gasteiger partial charge in [0.2, 0.25) is 0 Å². The van der Waals surface area contributed by atoms with E-state index in [0.717, 1.165) is 43.7 Å². The zero-order chi connectivity index (χ0) is 19.4. The molecule has 0 amide bonds. The summed E-state index contributed by atoms with van der Waals surface area (Å²) in [6.45, 7) is 0.777. The minimum absolute atomic E-state index is 0.244. The van der Waals surface area contributed by atoms with Gasteiger partial charge >= 0.3 is 0 Å². The zero-order valence-electron chi connectivity index (χ0n) is 16.3. The number of aromatic nitrogens is 4. The van der Waals surface area contributed by atoms with E-state index in [-0.39, 0.29) is 5.54 Å². The van der Waals surface area contributed by atoms with Crippen LogP contribution in [0.25, 0.3) is 5.69 Å². The van der Waals surface area contributed by atoms with Crippen molar-refractivity contribution in [3.8, 4) is 17.2 Å². The standard InChI is InChI=1S/C21H25N5O2/c1-27-18-11-10-17(14-19(18)28-2)26-20(23-24-25-26)21(12-6-7-13-21)22-15-16-8-4-3-5-9-16/h3-5,8-11,14,22H,6-7,12-13,15H2,1-2H3. The normalized spacial score (nSPS) is 15.5. The van der Waals surface area contributed by atoms with Crippen LogP contribution in [0.4, 0.5) is 0 Å². The Bertz CT molecular complexity index is 920. The van der Waals surface area contributed by atoms with Crippen LogP contribution in [-0.4, -0.2) is 34.4 Å². The van der Waals surface area contributed by atoms with Crippen LogP contribution in [0.1, 0.15) is 37.1 Å². The van der Waals surface area contributed by atoms with E-state index in [4.69, 9.17) is 9.47 Å². The van der Waals surface area contributed by atoms with E-state index in [9.17, 15) is 0 Å². The number of nitrogens with one attached hydrogen (secondary N) is 1. The summed E-state index contributed by atoms with van der Waals surface area (Å²) in [7, 11) is 3.25. The third-order valence-electron chi connectivity index (χ3n) is 5.44. The number of methoxy groups -OCH3 is 2. The molecular formula is C21H25N5O2. The molecule has 2 aromatic carbocycles. The number of benzene rings is 2. The quantitative estimate of drug-likeness (QED) is 0.679. The maximum atomic E-state index is 5.45. The van der Waals surface area contributed by atoms with E-state index in [1.165, 1.54) is 5.56 Å². The van der Waals surface area contributed by atoms with Crippen molar-refractivity contribution in [3.63, 3.8) is 0 Å².